The zero-order chi connectivity index (χ0) is 15.8. The SMILES string of the molecule is CCOCCCC(=O)Nc1ccc(N2CCOC[C@@H]2C)cc1. The predicted octanol–water partition coefficient (Wildman–Crippen LogP) is 2.67. The van der Waals surface area contributed by atoms with E-state index in [9.17, 15) is 4.79 Å². The van der Waals surface area contributed by atoms with Crippen LogP contribution in [0.25, 0.3) is 0 Å². The summed E-state index contributed by atoms with van der Waals surface area (Å²) in [6, 6.07) is 8.40. The molecule has 5 heteroatoms. The van der Waals surface area contributed by atoms with Crippen LogP contribution in [0.15, 0.2) is 24.3 Å². The van der Waals surface area contributed by atoms with Gasteiger partial charge in [0.2, 0.25) is 5.91 Å². The smallest absolute Gasteiger partial charge is 0.224 e. The maximum atomic E-state index is 11.8. The highest BCUT2D eigenvalue weighted by atomic mass is 16.5. The van der Waals surface area contributed by atoms with Crippen LogP contribution in [-0.2, 0) is 14.3 Å². The van der Waals surface area contributed by atoms with Crippen LogP contribution < -0.4 is 10.2 Å². The fourth-order valence-electron chi connectivity index (χ4n) is 2.55. The Morgan fingerprint density at radius 1 is 1.41 bits per heavy atom. The molecule has 1 N–H and O–H groups in total. The van der Waals surface area contributed by atoms with Gasteiger partial charge in [0.25, 0.3) is 0 Å². The zero-order valence-corrected chi connectivity index (χ0v) is 13.5. The van der Waals surface area contributed by atoms with Crippen molar-refractivity contribution in [1.29, 1.82) is 0 Å². The van der Waals surface area contributed by atoms with Crippen molar-refractivity contribution in [2.75, 3.05) is 43.2 Å². The molecule has 0 saturated carbocycles. The van der Waals surface area contributed by atoms with Crippen LogP contribution in [-0.4, -0.2) is 44.9 Å². The first-order valence-corrected chi connectivity index (χ1v) is 8.02. The molecule has 2 rings (SSSR count). The molecule has 122 valence electrons. The summed E-state index contributed by atoms with van der Waals surface area (Å²) in [7, 11) is 0. The molecule has 1 amide bonds. The monoisotopic (exact) mass is 306 g/mol. The van der Waals surface area contributed by atoms with Gasteiger partial charge in [-0.3, -0.25) is 4.79 Å². The largest absolute Gasteiger partial charge is 0.382 e. The number of nitrogens with zero attached hydrogens (tertiary/aromatic N) is 1. The molecule has 1 aromatic rings. The predicted molar refractivity (Wildman–Crippen MR) is 88.4 cm³/mol. The van der Waals surface area contributed by atoms with Gasteiger partial charge in [0.1, 0.15) is 0 Å². The molecular weight excluding hydrogens is 280 g/mol. The molecule has 1 fully saturated rings. The Labute approximate surface area is 132 Å². The molecule has 0 bridgehead atoms. The molecular formula is C17H26N2O3. The van der Waals surface area contributed by atoms with E-state index in [1.807, 2.05) is 19.1 Å². The summed E-state index contributed by atoms with van der Waals surface area (Å²) in [4.78, 5) is 14.2. The Morgan fingerprint density at radius 3 is 2.86 bits per heavy atom. The molecule has 0 radical (unpaired) electrons. The number of morpholine rings is 1. The lowest BCUT2D eigenvalue weighted by Gasteiger charge is -2.35. The minimum Gasteiger partial charge on any atom is -0.382 e. The number of carbonyl (C=O) groups excluding carboxylic acids is 1. The van der Waals surface area contributed by atoms with Crippen molar-refractivity contribution >= 4 is 17.3 Å². The lowest BCUT2D eigenvalue weighted by atomic mass is 10.2. The molecule has 1 saturated heterocycles. The van der Waals surface area contributed by atoms with Gasteiger partial charge >= 0.3 is 0 Å². The number of hydrogen-bond donors (Lipinski definition) is 1. The molecule has 1 aliphatic heterocycles. The molecule has 1 aliphatic rings. The van der Waals surface area contributed by atoms with E-state index in [0.29, 0.717) is 25.7 Å². The van der Waals surface area contributed by atoms with Crippen molar-refractivity contribution in [3.8, 4) is 0 Å². The molecule has 22 heavy (non-hydrogen) atoms. The average molecular weight is 306 g/mol. The number of benzene rings is 1. The first-order valence-electron chi connectivity index (χ1n) is 8.02. The Morgan fingerprint density at radius 2 is 2.18 bits per heavy atom. The summed E-state index contributed by atoms with van der Waals surface area (Å²) >= 11 is 0. The second-order valence-electron chi connectivity index (χ2n) is 5.51. The van der Waals surface area contributed by atoms with Crippen molar-refractivity contribution in [3.63, 3.8) is 0 Å². The lowest BCUT2D eigenvalue weighted by Crippen LogP contribution is -2.43. The van der Waals surface area contributed by atoms with E-state index in [0.717, 1.165) is 31.9 Å². The Balaban J connectivity index is 1.82. The first kappa shape index (κ1) is 16.8. The van der Waals surface area contributed by atoms with Crippen molar-refractivity contribution in [2.45, 2.75) is 32.7 Å². The number of ether oxygens (including phenoxy) is 2. The maximum absolute atomic E-state index is 11.8. The number of rotatable bonds is 7. The molecule has 1 atom stereocenters. The van der Waals surface area contributed by atoms with Gasteiger partial charge in [-0.05, 0) is 44.5 Å². The zero-order valence-electron chi connectivity index (χ0n) is 13.5. The second kappa shape index (κ2) is 8.76. The highest BCUT2D eigenvalue weighted by Gasteiger charge is 2.18. The molecule has 0 spiro atoms. The van der Waals surface area contributed by atoms with E-state index in [-0.39, 0.29) is 5.91 Å². The van der Waals surface area contributed by atoms with Gasteiger partial charge in [-0.1, -0.05) is 0 Å². The summed E-state index contributed by atoms with van der Waals surface area (Å²) in [6.07, 6.45) is 1.24. The van der Waals surface area contributed by atoms with E-state index >= 15 is 0 Å². The van der Waals surface area contributed by atoms with E-state index in [1.54, 1.807) is 0 Å². The van der Waals surface area contributed by atoms with Crippen LogP contribution in [0.2, 0.25) is 0 Å². The Kier molecular flexibility index (Phi) is 6.68. The summed E-state index contributed by atoms with van der Waals surface area (Å²) in [5.74, 6) is 0.0344. The van der Waals surface area contributed by atoms with Crippen LogP contribution in [0.4, 0.5) is 11.4 Å². The van der Waals surface area contributed by atoms with Crippen LogP contribution in [0.3, 0.4) is 0 Å². The van der Waals surface area contributed by atoms with Gasteiger partial charge in [-0.2, -0.15) is 0 Å². The molecule has 0 unspecified atom stereocenters. The number of anilines is 2. The number of amides is 1. The number of hydrogen-bond acceptors (Lipinski definition) is 4. The second-order valence-corrected chi connectivity index (χ2v) is 5.51. The van der Waals surface area contributed by atoms with Gasteiger partial charge in [0, 0.05) is 43.6 Å². The first-order chi connectivity index (χ1) is 10.7. The number of carbonyl (C=O) groups is 1. The quantitative estimate of drug-likeness (QED) is 0.787. The van der Waals surface area contributed by atoms with Crippen LogP contribution in [0, 0.1) is 0 Å². The third-order valence-corrected chi connectivity index (χ3v) is 3.75. The van der Waals surface area contributed by atoms with Gasteiger partial charge in [0.15, 0.2) is 0 Å². The fourth-order valence-corrected chi connectivity index (χ4v) is 2.55. The molecule has 0 aliphatic carbocycles. The van der Waals surface area contributed by atoms with E-state index in [4.69, 9.17) is 9.47 Å². The molecule has 1 heterocycles. The molecule has 5 nitrogen and oxygen atoms in total. The lowest BCUT2D eigenvalue weighted by molar-refractivity contribution is -0.116. The van der Waals surface area contributed by atoms with Crippen LogP contribution in [0.5, 0.6) is 0 Å². The van der Waals surface area contributed by atoms with Crippen molar-refractivity contribution < 1.29 is 14.3 Å². The maximum Gasteiger partial charge on any atom is 0.224 e. The molecule has 0 aromatic heterocycles. The van der Waals surface area contributed by atoms with E-state index in [1.165, 1.54) is 5.69 Å². The van der Waals surface area contributed by atoms with E-state index in [2.05, 4.69) is 29.3 Å². The highest BCUT2D eigenvalue weighted by molar-refractivity contribution is 5.90. The standard InChI is InChI=1S/C17H26N2O3/c1-3-21-11-4-5-17(20)18-15-6-8-16(9-7-15)19-10-12-22-13-14(19)2/h6-9,14H,3-5,10-13H2,1-2H3,(H,18,20)/t14-/m0/s1. The topological polar surface area (TPSA) is 50.8 Å². The fraction of sp³-hybridized carbons (Fsp3) is 0.588. The van der Waals surface area contributed by atoms with Crippen LogP contribution >= 0.6 is 0 Å². The number of nitrogens with one attached hydrogen (secondary N) is 1. The molecule has 1 aromatic carbocycles. The minimum absolute atomic E-state index is 0.0344. The van der Waals surface area contributed by atoms with Gasteiger partial charge < -0.3 is 19.7 Å². The van der Waals surface area contributed by atoms with Gasteiger partial charge in [-0.15, -0.1) is 0 Å². The van der Waals surface area contributed by atoms with Crippen molar-refractivity contribution in [1.82, 2.24) is 0 Å². The summed E-state index contributed by atoms with van der Waals surface area (Å²) < 4.78 is 10.7. The normalized spacial score (nSPS) is 18.3. The highest BCUT2D eigenvalue weighted by Crippen LogP contribution is 2.22. The Bertz CT molecular complexity index is 461. The summed E-state index contributed by atoms with van der Waals surface area (Å²) in [5, 5.41) is 2.92. The summed E-state index contributed by atoms with van der Waals surface area (Å²) in [5.41, 5.74) is 2.01. The third-order valence-electron chi connectivity index (χ3n) is 3.75. The van der Waals surface area contributed by atoms with Crippen molar-refractivity contribution in [2.24, 2.45) is 0 Å². The Hall–Kier alpha value is -1.59. The minimum atomic E-state index is 0.0344. The van der Waals surface area contributed by atoms with Gasteiger partial charge in [0.05, 0.1) is 13.2 Å². The average Bonchev–Trinajstić information content (AvgIpc) is 2.53. The van der Waals surface area contributed by atoms with Crippen LogP contribution in [0.1, 0.15) is 26.7 Å². The summed E-state index contributed by atoms with van der Waals surface area (Å²) in [6.45, 7) is 7.89. The van der Waals surface area contributed by atoms with E-state index < -0.39 is 0 Å². The van der Waals surface area contributed by atoms with Gasteiger partial charge in [-0.25, -0.2) is 0 Å². The van der Waals surface area contributed by atoms with Crippen molar-refractivity contribution in [3.05, 3.63) is 24.3 Å². The third kappa shape index (κ3) is 5.00.